The van der Waals surface area contributed by atoms with Gasteiger partial charge in [-0.1, -0.05) is 17.7 Å². The van der Waals surface area contributed by atoms with Gasteiger partial charge in [-0.05, 0) is 44.4 Å². The summed E-state index contributed by atoms with van der Waals surface area (Å²) in [7, 11) is -3.14. The van der Waals surface area contributed by atoms with Crippen molar-refractivity contribution < 1.29 is 13.2 Å². The Kier molecular flexibility index (Phi) is 5.89. The number of nitrogens with zero attached hydrogens (tertiary/aromatic N) is 1. The lowest BCUT2D eigenvalue weighted by Gasteiger charge is -2.31. The van der Waals surface area contributed by atoms with Crippen molar-refractivity contribution in [3.63, 3.8) is 0 Å². The van der Waals surface area contributed by atoms with Gasteiger partial charge in [-0.2, -0.15) is 0 Å². The number of piperidine rings is 1. The number of carbonyl (C=O) groups is 1. The smallest absolute Gasteiger partial charge is 0.319 e. The fraction of sp³-hybridized carbons (Fsp3) is 0.533. The quantitative estimate of drug-likeness (QED) is 0.867. The molecule has 1 aromatic rings. The number of hydrogen-bond donors (Lipinski definition) is 2. The standard InChI is InChI=1S/C15H22ClN3O3S/c1-3-23(21,22)19-8-6-13(7-9-19)17-15(20)18-14-10-12(16)5-4-11(14)2/h4-5,10,13H,3,6-9H2,1-2H3,(H2,17,18,20). The van der Waals surface area contributed by atoms with Crippen LogP contribution in [0.1, 0.15) is 25.3 Å². The van der Waals surface area contributed by atoms with Gasteiger partial charge in [-0.3, -0.25) is 0 Å². The normalized spacial score (nSPS) is 17.0. The van der Waals surface area contributed by atoms with Crippen molar-refractivity contribution in [2.75, 3.05) is 24.2 Å². The Labute approximate surface area is 142 Å². The van der Waals surface area contributed by atoms with E-state index in [1.165, 1.54) is 4.31 Å². The molecule has 1 aliphatic heterocycles. The molecule has 0 aliphatic carbocycles. The van der Waals surface area contributed by atoms with Crippen LogP contribution in [-0.4, -0.2) is 43.6 Å². The third-order valence-electron chi connectivity index (χ3n) is 4.00. The zero-order chi connectivity index (χ0) is 17.0. The van der Waals surface area contributed by atoms with Crippen molar-refractivity contribution in [3.05, 3.63) is 28.8 Å². The fourth-order valence-electron chi connectivity index (χ4n) is 2.53. The summed E-state index contributed by atoms with van der Waals surface area (Å²) < 4.78 is 25.1. The molecule has 0 saturated carbocycles. The summed E-state index contributed by atoms with van der Waals surface area (Å²) >= 11 is 5.93. The highest BCUT2D eigenvalue weighted by Gasteiger charge is 2.27. The van der Waals surface area contributed by atoms with Gasteiger partial charge >= 0.3 is 6.03 Å². The van der Waals surface area contributed by atoms with E-state index in [1.807, 2.05) is 13.0 Å². The van der Waals surface area contributed by atoms with E-state index in [1.54, 1.807) is 19.1 Å². The Morgan fingerprint density at radius 3 is 2.61 bits per heavy atom. The zero-order valence-corrected chi connectivity index (χ0v) is 14.9. The molecule has 128 valence electrons. The molecule has 0 aromatic heterocycles. The van der Waals surface area contributed by atoms with Gasteiger partial charge in [0.1, 0.15) is 0 Å². The fourth-order valence-corrected chi connectivity index (χ4v) is 3.84. The second kappa shape index (κ2) is 7.51. The van der Waals surface area contributed by atoms with Crippen molar-refractivity contribution in [2.45, 2.75) is 32.7 Å². The number of urea groups is 1. The maximum Gasteiger partial charge on any atom is 0.319 e. The van der Waals surface area contributed by atoms with Crippen LogP contribution in [0.15, 0.2) is 18.2 Å². The molecule has 0 spiro atoms. The van der Waals surface area contributed by atoms with E-state index in [4.69, 9.17) is 11.6 Å². The molecular formula is C15H22ClN3O3S. The summed E-state index contributed by atoms with van der Waals surface area (Å²) in [6.45, 7) is 4.41. The predicted molar refractivity (Wildman–Crippen MR) is 92.4 cm³/mol. The molecule has 23 heavy (non-hydrogen) atoms. The summed E-state index contributed by atoms with van der Waals surface area (Å²) in [6, 6.07) is 4.98. The van der Waals surface area contributed by atoms with Crippen LogP contribution in [0.3, 0.4) is 0 Å². The molecule has 2 rings (SSSR count). The SMILES string of the molecule is CCS(=O)(=O)N1CCC(NC(=O)Nc2cc(Cl)ccc2C)CC1. The van der Waals surface area contributed by atoms with E-state index in [9.17, 15) is 13.2 Å². The Morgan fingerprint density at radius 2 is 2.00 bits per heavy atom. The highest BCUT2D eigenvalue weighted by atomic mass is 35.5. The predicted octanol–water partition coefficient (Wildman–Crippen LogP) is 2.58. The van der Waals surface area contributed by atoms with Crippen LogP contribution in [0.5, 0.6) is 0 Å². The topological polar surface area (TPSA) is 78.5 Å². The maximum absolute atomic E-state index is 12.1. The molecule has 0 unspecified atom stereocenters. The molecule has 1 aromatic carbocycles. The molecule has 0 bridgehead atoms. The van der Waals surface area contributed by atoms with E-state index >= 15 is 0 Å². The lowest BCUT2D eigenvalue weighted by molar-refractivity contribution is 0.238. The number of rotatable bonds is 4. The monoisotopic (exact) mass is 359 g/mol. The highest BCUT2D eigenvalue weighted by molar-refractivity contribution is 7.89. The van der Waals surface area contributed by atoms with Crippen molar-refractivity contribution >= 4 is 33.3 Å². The second-order valence-electron chi connectivity index (χ2n) is 5.63. The summed E-state index contributed by atoms with van der Waals surface area (Å²) in [5, 5.41) is 6.23. The minimum absolute atomic E-state index is 0.0298. The number of halogens is 1. The van der Waals surface area contributed by atoms with E-state index in [2.05, 4.69) is 10.6 Å². The Bertz CT molecular complexity index is 671. The minimum atomic E-state index is -3.14. The highest BCUT2D eigenvalue weighted by Crippen LogP contribution is 2.20. The first-order chi connectivity index (χ1) is 10.8. The third-order valence-corrected chi connectivity index (χ3v) is 6.11. The Morgan fingerprint density at radius 1 is 1.35 bits per heavy atom. The van der Waals surface area contributed by atoms with E-state index < -0.39 is 10.0 Å². The number of nitrogens with one attached hydrogen (secondary N) is 2. The molecule has 1 saturated heterocycles. The molecule has 8 heteroatoms. The first-order valence-corrected chi connectivity index (χ1v) is 9.62. The number of benzene rings is 1. The minimum Gasteiger partial charge on any atom is -0.335 e. The number of sulfonamides is 1. The van der Waals surface area contributed by atoms with Crippen molar-refractivity contribution in [1.82, 2.24) is 9.62 Å². The number of carbonyl (C=O) groups excluding carboxylic acids is 1. The number of anilines is 1. The lowest BCUT2D eigenvalue weighted by atomic mass is 10.1. The van der Waals surface area contributed by atoms with Gasteiger partial charge in [0.25, 0.3) is 0 Å². The van der Waals surface area contributed by atoms with Gasteiger partial charge in [0.15, 0.2) is 0 Å². The van der Waals surface area contributed by atoms with Crippen LogP contribution in [-0.2, 0) is 10.0 Å². The van der Waals surface area contributed by atoms with E-state index in [0.717, 1.165) is 5.56 Å². The molecule has 1 heterocycles. The van der Waals surface area contributed by atoms with Crippen molar-refractivity contribution in [1.29, 1.82) is 0 Å². The second-order valence-corrected chi connectivity index (χ2v) is 8.33. The molecule has 0 radical (unpaired) electrons. The summed E-state index contributed by atoms with van der Waals surface area (Å²) in [5.74, 6) is 0.111. The largest absolute Gasteiger partial charge is 0.335 e. The summed E-state index contributed by atoms with van der Waals surface area (Å²) in [6.07, 6.45) is 1.22. The third kappa shape index (κ3) is 4.83. The molecule has 6 nitrogen and oxygen atoms in total. The maximum atomic E-state index is 12.1. The first kappa shape index (κ1) is 18.0. The van der Waals surface area contributed by atoms with Crippen molar-refractivity contribution in [3.8, 4) is 0 Å². The van der Waals surface area contributed by atoms with Gasteiger partial charge in [0.2, 0.25) is 10.0 Å². The van der Waals surface area contributed by atoms with E-state index in [-0.39, 0.29) is 17.8 Å². The van der Waals surface area contributed by atoms with Crippen molar-refractivity contribution in [2.24, 2.45) is 0 Å². The molecule has 1 fully saturated rings. The number of hydrogen-bond acceptors (Lipinski definition) is 3. The van der Waals surface area contributed by atoms with Gasteiger partial charge in [-0.15, -0.1) is 0 Å². The first-order valence-electron chi connectivity index (χ1n) is 7.63. The molecule has 1 aliphatic rings. The summed E-state index contributed by atoms with van der Waals surface area (Å²) in [5.41, 5.74) is 1.59. The van der Waals surface area contributed by atoms with Crippen LogP contribution >= 0.6 is 11.6 Å². The van der Waals surface area contributed by atoms with Crippen LogP contribution in [0.25, 0.3) is 0 Å². The van der Waals surface area contributed by atoms with E-state index in [0.29, 0.717) is 36.6 Å². The van der Waals surface area contributed by atoms with Gasteiger partial charge in [-0.25, -0.2) is 17.5 Å². The van der Waals surface area contributed by atoms with Gasteiger partial charge < -0.3 is 10.6 Å². The molecule has 0 atom stereocenters. The summed E-state index contributed by atoms with van der Waals surface area (Å²) in [4.78, 5) is 12.1. The number of amides is 2. The van der Waals surface area contributed by atoms with Crippen LogP contribution in [0.2, 0.25) is 5.02 Å². The average molecular weight is 360 g/mol. The van der Waals surface area contributed by atoms with Gasteiger partial charge in [0, 0.05) is 29.8 Å². The molecule has 2 N–H and O–H groups in total. The van der Waals surface area contributed by atoms with Crippen LogP contribution < -0.4 is 10.6 Å². The van der Waals surface area contributed by atoms with Crippen LogP contribution in [0, 0.1) is 6.92 Å². The Balaban J connectivity index is 1.87. The Hall–Kier alpha value is -1.31. The average Bonchev–Trinajstić information content (AvgIpc) is 2.51. The zero-order valence-electron chi connectivity index (χ0n) is 13.3. The molecular weight excluding hydrogens is 338 g/mol. The van der Waals surface area contributed by atoms with Crippen LogP contribution in [0.4, 0.5) is 10.5 Å². The number of aryl methyl sites for hydroxylation is 1. The molecule has 2 amide bonds. The lowest BCUT2D eigenvalue weighted by Crippen LogP contribution is -2.47. The van der Waals surface area contributed by atoms with Gasteiger partial charge in [0.05, 0.1) is 5.75 Å².